The number of anilines is 1. The fourth-order valence-corrected chi connectivity index (χ4v) is 3.04. The van der Waals surface area contributed by atoms with Crippen molar-refractivity contribution in [2.24, 2.45) is 0 Å². The molecule has 0 radical (unpaired) electrons. The molecule has 0 aromatic heterocycles. The van der Waals surface area contributed by atoms with Crippen LogP contribution in [0.2, 0.25) is 0 Å². The third-order valence-corrected chi connectivity index (χ3v) is 4.38. The monoisotopic (exact) mass is 360 g/mol. The normalized spacial score (nSPS) is 15.0. The van der Waals surface area contributed by atoms with Crippen molar-refractivity contribution in [3.8, 4) is 0 Å². The van der Waals surface area contributed by atoms with Gasteiger partial charge in [-0.25, -0.2) is 4.39 Å². The number of nitro groups is 2. The second-order valence-electron chi connectivity index (χ2n) is 6.08. The largest absolute Gasteiger partial charge is 0.367 e. The van der Waals surface area contributed by atoms with Crippen LogP contribution in [0.1, 0.15) is 5.56 Å². The predicted octanol–water partition coefficient (Wildman–Crippen LogP) is 2.96. The summed E-state index contributed by atoms with van der Waals surface area (Å²) in [7, 11) is 0. The number of hydrogen-bond donors (Lipinski definition) is 0. The van der Waals surface area contributed by atoms with Crippen molar-refractivity contribution in [1.29, 1.82) is 0 Å². The lowest BCUT2D eigenvalue weighted by Crippen LogP contribution is -2.46. The molecule has 2 aromatic carbocycles. The quantitative estimate of drug-likeness (QED) is 0.601. The minimum atomic E-state index is -0.621. The maximum Gasteiger partial charge on any atom is 0.272 e. The van der Waals surface area contributed by atoms with E-state index in [1.165, 1.54) is 18.2 Å². The van der Waals surface area contributed by atoms with E-state index in [4.69, 9.17) is 0 Å². The van der Waals surface area contributed by atoms with Gasteiger partial charge in [-0.1, -0.05) is 12.1 Å². The Labute approximate surface area is 148 Å². The Morgan fingerprint density at radius 1 is 0.923 bits per heavy atom. The fourth-order valence-electron chi connectivity index (χ4n) is 3.04. The van der Waals surface area contributed by atoms with Gasteiger partial charge in [-0.3, -0.25) is 25.1 Å². The van der Waals surface area contributed by atoms with Gasteiger partial charge in [0.15, 0.2) is 5.82 Å². The highest BCUT2D eigenvalue weighted by atomic mass is 19.1. The Morgan fingerprint density at radius 3 is 2.19 bits per heavy atom. The van der Waals surface area contributed by atoms with E-state index >= 15 is 0 Å². The molecule has 1 aliphatic rings. The first kappa shape index (κ1) is 17.7. The van der Waals surface area contributed by atoms with Gasteiger partial charge in [-0.05, 0) is 11.6 Å². The molecule has 3 rings (SSSR count). The molecule has 0 unspecified atom stereocenters. The van der Waals surface area contributed by atoms with Crippen molar-refractivity contribution in [1.82, 2.24) is 4.90 Å². The molecule has 1 fully saturated rings. The van der Waals surface area contributed by atoms with E-state index in [0.717, 1.165) is 11.6 Å². The van der Waals surface area contributed by atoms with E-state index in [2.05, 4.69) is 4.90 Å². The Morgan fingerprint density at radius 2 is 1.58 bits per heavy atom. The lowest BCUT2D eigenvalue weighted by atomic mass is 10.1. The maximum absolute atomic E-state index is 14.1. The molecule has 9 heteroatoms. The summed E-state index contributed by atoms with van der Waals surface area (Å²) >= 11 is 0. The molecule has 1 heterocycles. The van der Waals surface area contributed by atoms with Crippen LogP contribution >= 0.6 is 0 Å². The van der Waals surface area contributed by atoms with Crippen molar-refractivity contribution < 1.29 is 14.2 Å². The van der Waals surface area contributed by atoms with Crippen LogP contribution in [0, 0.1) is 26.0 Å². The fraction of sp³-hybridized carbons (Fsp3) is 0.294. The predicted molar refractivity (Wildman–Crippen MR) is 93.6 cm³/mol. The summed E-state index contributed by atoms with van der Waals surface area (Å²) in [4.78, 5) is 24.5. The van der Waals surface area contributed by atoms with Gasteiger partial charge >= 0.3 is 0 Å². The first-order valence-corrected chi connectivity index (χ1v) is 8.08. The Kier molecular flexibility index (Phi) is 5.08. The third kappa shape index (κ3) is 3.94. The van der Waals surface area contributed by atoms with E-state index in [-0.39, 0.29) is 11.4 Å². The van der Waals surface area contributed by atoms with E-state index < -0.39 is 15.7 Å². The number of nitrogens with zero attached hydrogens (tertiary/aromatic N) is 4. The third-order valence-electron chi connectivity index (χ3n) is 4.38. The van der Waals surface area contributed by atoms with Crippen molar-refractivity contribution in [2.75, 3.05) is 31.1 Å². The minimum Gasteiger partial charge on any atom is -0.367 e. The van der Waals surface area contributed by atoms with E-state index in [0.29, 0.717) is 38.4 Å². The van der Waals surface area contributed by atoms with Crippen LogP contribution in [0.5, 0.6) is 0 Å². The molecule has 26 heavy (non-hydrogen) atoms. The zero-order chi connectivity index (χ0) is 18.7. The molecule has 1 aliphatic heterocycles. The summed E-state index contributed by atoms with van der Waals surface area (Å²) in [5.74, 6) is -0.605. The highest BCUT2D eigenvalue weighted by Crippen LogP contribution is 2.25. The van der Waals surface area contributed by atoms with Gasteiger partial charge in [0, 0.05) is 50.9 Å². The number of piperazine rings is 1. The molecule has 0 aliphatic carbocycles. The van der Waals surface area contributed by atoms with E-state index in [1.807, 2.05) is 11.0 Å². The van der Waals surface area contributed by atoms with Gasteiger partial charge in [0.2, 0.25) is 0 Å². The average molecular weight is 360 g/mol. The highest BCUT2D eigenvalue weighted by molar-refractivity contribution is 5.52. The van der Waals surface area contributed by atoms with Gasteiger partial charge < -0.3 is 4.90 Å². The van der Waals surface area contributed by atoms with Gasteiger partial charge in [0.25, 0.3) is 11.4 Å². The van der Waals surface area contributed by atoms with Crippen molar-refractivity contribution in [3.05, 3.63) is 74.1 Å². The van der Waals surface area contributed by atoms with E-state index in [1.54, 1.807) is 12.1 Å². The maximum atomic E-state index is 14.1. The van der Waals surface area contributed by atoms with Crippen LogP contribution in [0.3, 0.4) is 0 Å². The van der Waals surface area contributed by atoms with Crippen molar-refractivity contribution in [2.45, 2.75) is 6.54 Å². The second-order valence-corrected chi connectivity index (χ2v) is 6.08. The Bertz CT molecular complexity index is 837. The Hall–Kier alpha value is -3.07. The summed E-state index contributed by atoms with van der Waals surface area (Å²) in [6.45, 7) is 3.06. The lowest BCUT2D eigenvalue weighted by Gasteiger charge is -2.36. The van der Waals surface area contributed by atoms with Crippen LogP contribution in [0.15, 0.2) is 42.5 Å². The number of rotatable bonds is 5. The van der Waals surface area contributed by atoms with Crippen molar-refractivity contribution in [3.63, 3.8) is 0 Å². The topological polar surface area (TPSA) is 92.8 Å². The van der Waals surface area contributed by atoms with Crippen molar-refractivity contribution >= 4 is 17.1 Å². The number of nitro benzene ring substituents is 2. The highest BCUT2D eigenvalue weighted by Gasteiger charge is 2.21. The minimum absolute atomic E-state index is 0.0640. The lowest BCUT2D eigenvalue weighted by molar-refractivity contribution is -0.385. The number of non-ortho nitro benzene ring substituents is 2. The summed E-state index contributed by atoms with van der Waals surface area (Å²) in [5.41, 5.74) is 1.00. The molecule has 136 valence electrons. The molecule has 8 nitrogen and oxygen atoms in total. The van der Waals surface area contributed by atoms with Crippen LogP contribution < -0.4 is 4.90 Å². The Balaban J connectivity index is 1.62. The molecule has 0 atom stereocenters. The molecule has 0 amide bonds. The second kappa shape index (κ2) is 7.44. The molecule has 0 N–H and O–H groups in total. The van der Waals surface area contributed by atoms with Gasteiger partial charge in [0.1, 0.15) is 0 Å². The molecular formula is C17H17FN4O4. The number of hydrogen-bond acceptors (Lipinski definition) is 6. The standard InChI is InChI=1S/C17H17FN4O4/c18-16-11-15(22(25)26)4-5-17(16)20-8-6-19(7-9-20)12-13-2-1-3-14(10-13)21(23)24/h1-5,10-11H,6-9,12H2. The zero-order valence-corrected chi connectivity index (χ0v) is 13.9. The molecule has 2 aromatic rings. The summed E-state index contributed by atoms with van der Waals surface area (Å²) in [6.07, 6.45) is 0. The molecular weight excluding hydrogens is 343 g/mol. The zero-order valence-electron chi connectivity index (χ0n) is 13.9. The van der Waals surface area contributed by atoms with Crippen LogP contribution in [-0.4, -0.2) is 40.9 Å². The van der Waals surface area contributed by atoms with Gasteiger partial charge in [0.05, 0.1) is 21.6 Å². The number of benzene rings is 2. The SMILES string of the molecule is O=[N+]([O-])c1cccc(CN2CCN(c3ccc([N+](=O)[O-])cc3F)CC2)c1. The summed E-state index contributed by atoms with van der Waals surface area (Å²) in [6, 6.07) is 10.2. The number of halogens is 1. The summed E-state index contributed by atoms with van der Waals surface area (Å²) < 4.78 is 14.1. The molecule has 0 bridgehead atoms. The van der Waals surface area contributed by atoms with Gasteiger partial charge in [-0.15, -0.1) is 0 Å². The average Bonchev–Trinajstić information content (AvgIpc) is 2.62. The van der Waals surface area contributed by atoms with E-state index in [9.17, 15) is 24.6 Å². The smallest absolute Gasteiger partial charge is 0.272 e. The molecule has 0 spiro atoms. The first-order valence-electron chi connectivity index (χ1n) is 8.08. The molecule has 1 saturated heterocycles. The van der Waals surface area contributed by atoms with Crippen LogP contribution in [0.25, 0.3) is 0 Å². The molecule has 0 saturated carbocycles. The summed E-state index contributed by atoms with van der Waals surface area (Å²) in [5, 5.41) is 21.6. The van der Waals surface area contributed by atoms with Gasteiger partial charge in [-0.2, -0.15) is 0 Å². The first-order chi connectivity index (χ1) is 12.4. The van der Waals surface area contributed by atoms with Crippen LogP contribution in [-0.2, 0) is 6.54 Å². The van der Waals surface area contributed by atoms with Crippen LogP contribution in [0.4, 0.5) is 21.5 Å².